The summed E-state index contributed by atoms with van der Waals surface area (Å²) in [6, 6.07) is 9.72. The highest BCUT2D eigenvalue weighted by molar-refractivity contribution is 9.10. The monoisotopic (exact) mass is 398 g/mol. The van der Waals surface area contributed by atoms with Crippen LogP contribution in [0.15, 0.2) is 41.0 Å². The Labute approximate surface area is 150 Å². The number of nitrogens with zero attached hydrogens (tertiary/aromatic N) is 2. The first-order chi connectivity index (χ1) is 10.6. The van der Waals surface area contributed by atoms with E-state index in [-0.39, 0.29) is 24.4 Å². The second-order valence-electron chi connectivity index (χ2n) is 5.68. The van der Waals surface area contributed by atoms with Crippen LogP contribution in [-0.4, -0.2) is 34.8 Å². The average Bonchev–Trinajstić information content (AvgIpc) is 2.99. The van der Waals surface area contributed by atoms with E-state index in [2.05, 4.69) is 38.6 Å². The van der Waals surface area contributed by atoms with Gasteiger partial charge in [0.1, 0.15) is 0 Å². The summed E-state index contributed by atoms with van der Waals surface area (Å²) in [5, 5.41) is 10.8. The first kappa shape index (κ1) is 18.0. The molecule has 1 aliphatic rings. The highest BCUT2D eigenvalue weighted by atomic mass is 79.9. The molecule has 1 fully saturated rings. The first-order valence-electron chi connectivity index (χ1n) is 7.46. The van der Waals surface area contributed by atoms with Gasteiger partial charge in [-0.1, -0.05) is 28.9 Å². The van der Waals surface area contributed by atoms with Crippen LogP contribution in [0.25, 0.3) is 5.69 Å². The Morgan fingerprint density at radius 3 is 3.00 bits per heavy atom. The second-order valence-corrected chi connectivity index (χ2v) is 6.59. The predicted octanol–water partition coefficient (Wildman–Crippen LogP) is 2.78. The van der Waals surface area contributed by atoms with Gasteiger partial charge in [-0.05, 0) is 43.1 Å². The molecule has 2 atom stereocenters. The Balaban J connectivity index is 0.00000192. The fourth-order valence-corrected chi connectivity index (χ4v) is 3.02. The van der Waals surface area contributed by atoms with E-state index < -0.39 is 0 Å². The topological polar surface area (TPSA) is 58.9 Å². The number of carbonyl (C=O) groups is 1. The summed E-state index contributed by atoms with van der Waals surface area (Å²) in [5.74, 6) is 0.367. The largest absolute Gasteiger partial charge is 0.346 e. The van der Waals surface area contributed by atoms with Gasteiger partial charge < -0.3 is 10.6 Å². The van der Waals surface area contributed by atoms with Crippen molar-refractivity contribution in [3.05, 3.63) is 46.7 Å². The fraction of sp³-hybridized carbons (Fsp3) is 0.375. The number of nitrogens with one attached hydrogen (secondary N) is 2. The minimum atomic E-state index is -0.116. The maximum Gasteiger partial charge on any atom is 0.272 e. The molecule has 7 heteroatoms. The molecule has 1 saturated heterocycles. The molecule has 2 unspecified atom stereocenters. The second kappa shape index (κ2) is 7.95. The zero-order valence-corrected chi connectivity index (χ0v) is 15.2. The van der Waals surface area contributed by atoms with Gasteiger partial charge in [0, 0.05) is 23.3 Å². The van der Waals surface area contributed by atoms with Crippen molar-refractivity contribution in [3.63, 3.8) is 0 Å². The van der Waals surface area contributed by atoms with Crippen molar-refractivity contribution in [2.24, 2.45) is 5.92 Å². The van der Waals surface area contributed by atoms with E-state index in [9.17, 15) is 4.79 Å². The molecule has 1 aliphatic heterocycles. The Bertz CT molecular complexity index is 676. The van der Waals surface area contributed by atoms with Gasteiger partial charge in [0.25, 0.3) is 5.91 Å². The van der Waals surface area contributed by atoms with Crippen LogP contribution >= 0.6 is 28.3 Å². The summed E-state index contributed by atoms with van der Waals surface area (Å²) in [4.78, 5) is 12.3. The molecule has 5 nitrogen and oxygen atoms in total. The number of benzene rings is 1. The van der Waals surface area contributed by atoms with Gasteiger partial charge >= 0.3 is 0 Å². The quantitative estimate of drug-likeness (QED) is 0.834. The van der Waals surface area contributed by atoms with Gasteiger partial charge in [0.2, 0.25) is 0 Å². The lowest BCUT2D eigenvalue weighted by atomic mass is 9.95. The standard InChI is InChI=1S/C16H19BrN4O.ClH/c1-11-5-7-18-10-15(11)19-16(22)14-6-8-21(20-14)13-4-2-3-12(17)9-13;/h2-4,6,8-9,11,15,18H,5,7,10H2,1H3,(H,19,22);1H. The Morgan fingerprint density at radius 1 is 1.43 bits per heavy atom. The van der Waals surface area contributed by atoms with E-state index in [0.717, 1.165) is 29.7 Å². The van der Waals surface area contributed by atoms with Gasteiger partial charge in [0.05, 0.1) is 5.69 Å². The summed E-state index contributed by atoms with van der Waals surface area (Å²) in [7, 11) is 0. The van der Waals surface area contributed by atoms with Crippen LogP contribution < -0.4 is 10.6 Å². The summed E-state index contributed by atoms with van der Waals surface area (Å²) in [5.41, 5.74) is 1.36. The van der Waals surface area contributed by atoms with Gasteiger partial charge in [-0.2, -0.15) is 5.10 Å². The number of hydrogen-bond donors (Lipinski definition) is 2. The maximum atomic E-state index is 12.3. The molecule has 0 radical (unpaired) electrons. The van der Waals surface area contributed by atoms with Crippen LogP contribution in [-0.2, 0) is 0 Å². The molecule has 0 saturated carbocycles. The number of amides is 1. The van der Waals surface area contributed by atoms with E-state index >= 15 is 0 Å². The van der Waals surface area contributed by atoms with E-state index in [1.165, 1.54) is 0 Å². The number of aromatic nitrogens is 2. The van der Waals surface area contributed by atoms with Crippen LogP contribution in [0.4, 0.5) is 0 Å². The fourth-order valence-electron chi connectivity index (χ4n) is 2.63. The van der Waals surface area contributed by atoms with Crippen LogP contribution in [0.1, 0.15) is 23.8 Å². The molecule has 2 N–H and O–H groups in total. The van der Waals surface area contributed by atoms with Crippen LogP contribution in [0.2, 0.25) is 0 Å². The molecule has 1 aromatic carbocycles. The van der Waals surface area contributed by atoms with Gasteiger partial charge in [-0.25, -0.2) is 4.68 Å². The van der Waals surface area contributed by atoms with Crippen molar-refractivity contribution >= 4 is 34.2 Å². The van der Waals surface area contributed by atoms with E-state index in [1.54, 1.807) is 16.9 Å². The van der Waals surface area contributed by atoms with E-state index in [1.807, 2.05) is 24.3 Å². The van der Waals surface area contributed by atoms with Crippen molar-refractivity contribution in [2.75, 3.05) is 13.1 Å². The summed E-state index contributed by atoms with van der Waals surface area (Å²) in [6.07, 6.45) is 2.89. The van der Waals surface area contributed by atoms with Gasteiger partial charge in [0.15, 0.2) is 5.69 Å². The molecule has 23 heavy (non-hydrogen) atoms. The van der Waals surface area contributed by atoms with Gasteiger partial charge in [-0.15, -0.1) is 12.4 Å². The molecular formula is C16H20BrClN4O. The zero-order chi connectivity index (χ0) is 15.5. The van der Waals surface area contributed by atoms with Crippen molar-refractivity contribution in [3.8, 4) is 5.69 Å². The predicted molar refractivity (Wildman–Crippen MR) is 96.4 cm³/mol. The van der Waals surface area contributed by atoms with Gasteiger partial charge in [-0.3, -0.25) is 4.79 Å². The SMILES string of the molecule is CC1CCNCC1NC(=O)c1ccn(-c2cccc(Br)c2)n1.Cl. The number of carbonyl (C=O) groups excluding carboxylic acids is 1. The lowest BCUT2D eigenvalue weighted by Gasteiger charge is -2.29. The molecule has 3 rings (SSSR count). The number of hydrogen-bond acceptors (Lipinski definition) is 3. The number of piperidine rings is 1. The lowest BCUT2D eigenvalue weighted by molar-refractivity contribution is 0.0909. The lowest BCUT2D eigenvalue weighted by Crippen LogP contribution is -2.50. The zero-order valence-electron chi connectivity index (χ0n) is 12.8. The van der Waals surface area contributed by atoms with Crippen molar-refractivity contribution in [2.45, 2.75) is 19.4 Å². The first-order valence-corrected chi connectivity index (χ1v) is 8.26. The molecule has 0 bridgehead atoms. The number of rotatable bonds is 3. The third-order valence-electron chi connectivity index (χ3n) is 4.04. The Hall–Kier alpha value is -1.37. The molecule has 124 valence electrons. The smallest absolute Gasteiger partial charge is 0.272 e. The third kappa shape index (κ3) is 4.34. The van der Waals surface area contributed by atoms with Crippen molar-refractivity contribution in [1.29, 1.82) is 0 Å². The van der Waals surface area contributed by atoms with E-state index in [0.29, 0.717) is 11.6 Å². The average molecular weight is 400 g/mol. The molecule has 0 aliphatic carbocycles. The summed E-state index contributed by atoms with van der Waals surface area (Å²) < 4.78 is 2.69. The van der Waals surface area contributed by atoms with Crippen LogP contribution in [0.3, 0.4) is 0 Å². The highest BCUT2D eigenvalue weighted by Crippen LogP contribution is 2.15. The van der Waals surface area contributed by atoms with Crippen LogP contribution in [0.5, 0.6) is 0 Å². The normalized spacial score (nSPS) is 20.6. The number of halogens is 2. The molecule has 1 aromatic heterocycles. The highest BCUT2D eigenvalue weighted by Gasteiger charge is 2.23. The molecular weight excluding hydrogens is 380 g/mol. The minimum Gasteiger partial charge on any atom is -0.346 e. The molecule has 2 heterocycles. The minimum absolute atomic E-state index is 0. The van der Waals surface area contributed by atoms with Crippen LogP contribution in [0, 0.1) is 5.92 Å². The van der Waals surface area contributed by atoms with E-state index in [4.69, 9.17) is 0 Å². The molecule has 1 amide bonds. The maximum absolute atomic E-state index is 12.3. The summed E-state index contributed by atoms with van der Waals surface area (Å²) >= 11 is 3.44. The van der Waals surface area contributed by atoms with Crippen molar-refractivity contribution in [1.82, 2.24) is 20.4 Å². The third-order valence-corrected chi connectivity index (χ3v) is 4.53. The Kier molecular flexibility index (Phi) is 6.21. The molecule has 0 spiro atoms. The van der Waals surface area contributed by atoms with Crippen molar-refractivity contribution < 1.29 is 4.79 Å². The molecule has 2 aromatic rings. The summed E-state index contributed by atoms with van der Waals surface area (Å²) in [6.45, 7) is 4.01. The Morgan fingerprint density at radius 2 is 2.26 bits per heavy atom.